The number of fused-ring (bicyclic) bond motifs is 1. The Labute approximate surface area is 187 Å². The summed E-state index contributed by atoms with van der Waals surface area (Å²) in [6.07, 6.45) is 3.86. The normalized spacial score (nSPS) is 20.1. The van der Waals surface area contributed by atoms with Crippen LogP contribution in [0.25, 0.3) is 0 Å². The molecule has 9 nitrogen and oxygen atoms in total. The van der Waals surface area contributed by atoms with Gasteiger partial charge in [0.05, 0.1) is 11.9 Å². The van der Waals surface area contributed by atoms with Crippen molar-refractivity contribution in [2.75, 3.05) is 5.32 Å². The largest absolute Gasteiger partial charge is 0.444 e. The van der Waals surface area contributed by atoms with Crippen LogP contribution in [0.2, 0.25) is 0 Å². The van der Waals surface area contributed by atoms with E-state index in [1.807, 2.05) is 6.07 Å². The topological polar surface area (TPSA) is 118 Å². The molecule has 2 fully saturated rings. The smallest absolute Gasteiger partial charge is 0.412 e. The number of nitrogens with zero attached hydrogens (tertiary/aromatic N) is 2. The summed E-state index contributed by atoms with van der Waals surface area (Å²) in [7, 11) is 0. The van der Waals surface area contributed by atoms with Gasteiger partial charge < -0.3 is 9.64 Å². The zero-order chi connectivity index (χ0) is 22.2. The molecule has 2 N–H and O–H groups in total. The number of nitrogens with one attached hydrogen (secondary N) is 2. The van der Waals surface area contributed by atoms with Gasteiger partial charge in [-0.2, -0.15) is 0 Å². The first-order valence-electron chi connectivity index (χ1n) is 10.6. The summed E-state index contributed by atoms with van der Waals surface area (Å²) in [5.41, 5.74) is 3.55. The predicted molar refractivity (Wildman–Crippen MR) is 117 cm³/mol. The minimum absolute atomic E-state index is 0. The van der Waals surface area contributed by atoms with Crippen molar-refractivity contribution in [1.82, 2.24) is 15.2 Å². The minimum atomic E-state index is -0.655. The van der Waals surface area contributed by atoms with Gasteiger partial charge in [0.25, 0.3) is 5.91 Å². The number of benzene rings is 1. The molecule has 2 aliphatic heterocycles. The molecule has 1 aliphatic carbocycles. The number of hydrogen-bond acceptors (Lipinski definition) is 6. The van der Waals surface area contributed by atoms with Crippen LogP contribution in [0.3, 0.4) is 0 Å². The van der Waals surface area contributed by atoms with Gasteiger partial charge in [-0.25, -0.2) is 4.79 Å². The summed E-state index contributed by atoms with van der Waals surface area (Å²) < 4.78 is 5.28. The van der Waals surface area contributed by atoms with E-state index in [1.165, 1.54) is 4.90 Å². The molecule has 1 aromatic carbocycles. The zero-order valence-corrected chi connectivity index (χ0v) is 17.3. The second kappa shape index (κ2) is 8.07. The first kappa shape index (κ1) is 20.2. The van der Waals surface area contributed by atoms with Gasteiger partial charge in [-0.1, -0.05) is 12.1 Å². The van der Waals surface area contributed by atoms with Crippen LogP contribution in [0.5, 0.6) is 0 Å². The second-order valence-electron chi connectivity index (χ2n) is 8.34. The number of imide groups is 1. The number of piperidine rings is 1. The Bertz CT molecular complexity index is 1120. The number of anilines is 1. The van der Waals surface area contributed by atoms with Crippen molar-refractivity contribution in [3.63, 3.8) is 0 Å². The van der Waals surface area contributed by atoms with Crippen LogP contribution in [0.15, 0.2) is 36.5 Å². The molecule has 2 aromatic rings. The van der Waals surface area contributed by atoms with E-state index in [0.29, 0.717) is 35.7 Å². The highest BCUT2D eigenvalue weighted by Gasteiger charge is 2.39. The number of carbonyl (C=O) groups is 4. The SMILES string of the molecule is O=C1CCC(N2Cc3ccc(COC(=O)Nc4ccc(C5CC5)nc4)cc3C2=O)C(=O)N1.[HH].[HH]. The molecule has 0 spiro atoms. The Hall–Kier alpha value is -3.75. The Morgan fingerprint density at radius 3 is 2.75 bits per heavy atom. The summed E-state index contributed by atoms with van der Waals surface area (Å²) in [5, 5.41) is 4.94. The number of carbonyl (C=O) groups excluding carboxylic acids is 4. The lowest BCUT2D eigenvalue weighted by Gasteiger charge is -2.29. The molecular weight excluding hydrogens is 412 g/mol. The van der Waals surface area contributed by atoms with Crippen molar-refractivity contribution in [3.05, 3.63) is 58.9 Å². The second-order valence-corrected chi connectivity index (χ2v) is 8.34. The van der Waals surface area contributed by atoms with E-state index in [4.69, 9.17) is 4.74 Å². The van der Waals surface area contributed by atoms with Crippen LogP contribution in [-0.4, -0.2) is 39.7 Å². The maximum atomic E-state index is 12.9. The van der Waals surface area contributed by atoms with E-state index in [1.54, 1.807) is 30.5 Å². The van der Waals surface area contributed by atoms with Crippen LogP contribution in [-0.2, 0) is 27.5 Å². The summed E-state index contributed by atoms with van der Waals surface area (Å²) in [5.74, 6) is -0.475. The molecule has 1 aromatic heterocycles. The Morgan fingerprint density at radius 1 is 1.19 bits per heavy atom. The zero-order valence-electron chi connectivity index (χ0n) is 17.3. The van der Waals surface area contributed by atoms with Crippen LogP contribution in [0.4, 0.5) is 10.5 Å². The van der Waals surface area contributed by atoms with Gasteiger partial charge in [-0.3, -0.25) is 30.0 Å². The molecule has 5 rings (SSSR count). The lowest BCUT2D eigenvalue weighted by Crippen LogP contribution is -2.52. The standard InChI is InChI=1S/C23H22N4O5.2H2/c28-20-8-7-19(21(29)26-20)27-11-15-2-1-13(9-17(15)22(27)30)12-32-23(31)25-16-5-6-18(24-10-16)14-3-4-14;;/h1-2,5-6,9-10,14,19H,3-4,7-8,11-12H2,(H,25,31)(H,26,28,29);2*1H. The number of hydrogen-bond donors (Lipinski definition) is 2. The van der Waals surface area contributed by atoms with E-state index >= 15 is 0 Å². The third-order valence-corrected chi connectivity index (χ3v) is 5.99. The average Bonchev–Trinajstić information content (AvgIpc) is 3.58. The maximum absolute atomic E-state index is 12.9. The van der Waals surface area contributed by atoms with Gasteiger partial charge in [-0.05, 0) is 48.6 Å². The van der Waals surface area contributed by atoms with E-state index in [-0.39, 0.29) is 27.7 Å². The number of ether oxygens (including phenoxy) is 1. The summed E-state index contributed by atoms with van der Waals surface area (Å²) in [6.45, 7) is 0.310. The first-order chi connectivity index (χ1) is 15.5. The van der Waals surface area contributed by atoms with Gasteiger partial charge in [0, 0.05) is 33.0 Å². The Kier molecular flexibility index (Phi) is 5.08. The molecule has 168 valence electrons. The van der Waals surface area contributed by atoms with Gasteiger partial charge >= 0.3 is 6.09 Å². The fourth-order valence-electron chi connectivity index (χ4n) is 4.09. The molecular formula is C23H26N4O5. The minimum Gasteiger partial charge on any atom is -0.444 e. The number of rotatable bonds is 5. The van der Waals surface area contributed by atoms with Crippen molar-refractivity contribution in [1.29, 1.82) is 0 Å². The Morgan fingerprint density at radius 2 is 2.03 bits per heavy atom. The third-order valence-electron chi connectivity index (χ3n) is 5.99. The Balaban J connectivity index is 0.00000162. The maximum Gasteiger partial charge on any atom is 0.412 e. The molecule has 1 saturated carbocycles. The van der Waals surface area contributed by atoms with Crippen molar-refractivity contribution >= 4 is 29.5 Å². The van der Waals surface area contributed by atoms with Gasteiger partial charge in [0.1, 0.15) is 12.6 Å². The highest BCUT2D eigenvalue weighted by Crippen LogP contribution is 2.39. The molecule has 9 heteroatoms. The predicted octanol–water partition coefficient (Wildman–Crippen LogP) is 2.96. The molecule has 0 bridgehead atoms. The highest BCUT2D eigenvalue weighted by molar-refractivity contribution is 6.05. The molecule has 32 heavy (non-hydrogen) atoms. The van der Waals surface area contributed by atoms with Crippen LogP contribution >= 0.6 is 0 Å². The molecule has 0 radical (unpaired) electrons. The number of pyridine rings is 1. The fourth-order valence-corrected chi connectivity index (χ4v) is 4.09. The van der Waals surface area contributed by atoms with E-state index < -0.39 is 18.0 Å². The van der Waals surface area contributed by atoms with Gasteiger partial charge in [0.2, 0.25) is 11.8 Å². The molecule has 3 aliphatic rings. The lowest BCUT2D eigenvalue weighted by atomic mass is 10.0. The van der Waals surface area contributed by atoms with E-state index in [9.17, 15) is 19.2 Å². The van der Waals surface area contributed by atoms with Crippen molar-refractivity contribution in [3.8, 4) is 0 Å². The first-order valence-corrected chi connectivity index (χ1v) is 10.6. The average molecular weight is 438 g/mol. The molecule has 4 amide bonds. The van der Waals surface area contributed by atoms with Crippen molar-refractivity contribution in [2.45, 2.75) is 50.8 Å². The number of amides is 4. The fraction of sp³-hybridized carbons (Fsp3) is 0.348. The monoisotopic (exact) mass is 438 g/mol. The summed E-state index contributed by atoms with van der Waals surface area (Å²) >= 11 is 0. The van der Waals surface area contributed by atoms with E-state index in [0.717, 1.165) is 24.1 Å². The lowest BCUT2D eigenvalue weighted by molar-refractivity contribution is -0.136. The van der Waals surface area contributed by atoms with Gasteiger partial charge in [0.15, 0.2) is 0 Å². The molecule has 3 heterocycles. The number of aromatic nitrogens is 1. The van der Waals surface area contributed by atoms with E-state index in [2.05, 4.69) is 15.6 Å². The van der Waals surface area contributed by atoms with Gasteiger partial charge in [-0.15, -0.1) is 0 Å². The molecule has 1 atom stereocenters. The van der Waals surface area contributed by atoms with Crippen molar-refractivity contribution in [2.24, 2.45) is 0 Å². The third kappa shape index (κ3) is 4.05. The highest BCUT2D eigenvalue weighted by atomic mass is 16.5. The van der Waals surface area contributed by atoms with Crippen LogP contribution in [0.1, 0.15) is 61.6 Å². The van der Waals surface area contributed by atoms with Crippen LogP contribution < -0.4 is 10.6 Å². The quantitative estimate of drug-likeness (QED) is 0.693. The summed E-state index contributed by atoms with van der Waals surface area (Å²) in [4.78, 5) is 54.4. The van der Waals surface area contributed by atoms with Crippen molar-refractivity contribution < 1.29 is 26.8 Å². The molecule has 1 saturated heterocycles. The summed E-state index contributed by atoms with van der Waals surface area (Å²) in [6, 6.07) is 8.34. The van der Waals surface area contributed by atoms with Crippen LogP contribution in [0, 0.1) is 0 Å². The molecule has 1 unspecified atom stereocenters.